The minimum absolute atomic E-state index is 0.00706. The first-order chi connectivity index (χ1) is 14.2. The van der Waals surface area contributed by atoms with Gasteiger partial charge in [0, 0.05) is 17.7 Å². The number of esters is 1. The molecule has 1 aromatic rings. The molecule has 0 saturated heterocycles. The van der Waals surface area contributed by atoms with Gasteiger partial charge in [0.2, 0.25) is 0 Å². The zero-order valence-electron chi connectivity index (χ0n) is 17.3. The molecule has 1 saturated carbocycles. The number of hydrogen-bond donors (Lipinski definition) is 2. The summed E-state index contributed by atoms with van der Waals surface area (Å²) in [4.78, 5) is 46.8. The molecule has 1 fully saturated rings. The first-order valence-corrected chi connectivity index (χ1v) is 9.83. The van der Waals surface area contributed by atoms with Gasteiger partial charge in [0.1, 0.15) is 6.54 Å². The van der Waals surface area contributed by atoms with Crippen LogP contribution >= 0.6 is 0 Å². The molecule has 1 aliphatic carbocycles. The summed E-state index contributed by atoms with van der Waals surface area (Å²) >= 11 is 0. The van der Waals surface area contributed by atoms with Crippen molar-refractivity contribution in [1.29, 1.82) is 0 Å². The van der Waals surface area contributed by atoms with Crippen LogP contribution in [0.1, 0.15) is 49.9 Å². The summed E-state index contributed by atoms with van der Waals surface area (Å²) in [6.45, 7) is 3.07. The highest BCUT2D eigenvalue weighted by Crippen LogP contribution is 2.27. The standard InChI is InChI=1S/C20H27N3O7/c1-12-6-4-5-7-15(12)22-19(25)13(2)30-18(24)11-21-20(26)14-8-9-17(29-3)16(10-14)23(27)28/h8-10,12-13,15H,4-7,11H2,1-3H3,(H,21,26)(H,22,25)/t12-,13+,15+/m0/s1. The number of hydrogen-bond acceptors (Lipinski definition) is 7. The topological polar surface area (TPSA) is 137 Å². The van der Waals surface area contributed by atoms with Crippen LogP contribution < -0.4 is 15.4 Å². The van der Waals surface area contributed by atoms with Gasteiger partial charge in [0.25, 0.3) is 11.8 Å². The van der Waals surface area contributed by atoms with Gasteiger partial charge in [-0.15, -0.1) is 0 Å². The van der Waals surface area contributed by atoms with Crippen molar-refractivity contribution in [3.63, 3.8) is 0 Å². The Morgan fingerprint density at radius 1 is 1.27 bits per heavy atom. The molecular weight excluding hydrogens is 394 g/mol. The van der Waals surface area contributed by atoms with E-state index in [0.29, 0.717) is 5.92 Å². The van der Waals surface area contributed by atoms with Crippen LogP contribution in [0.15, 0.2) is 18.2 Å². The summed E-state index contributed by atoms with van der Waals surface area (Å²) in [5, 5.41) is 16.3. The average Bonchev–Trinajstić information content (AvgIpc) is 2.72. The number of carbonyl (C=O) groups is 3. The number of methoxy groups -OCH3 is 1. The van der Waals surface area contributed by atoms with Crippen molar-refractivity contribution in [1.82, 2.24) is 10.6 Å². The fourth-order valence-electron chi connectivity index (χ4n) is 3.35. The molecule has 2 N–H and O–H groups in total. The zero-order chi connectivity index (χ0) is 22.3. The van der Waals surface area contributed by atoms with Crippen LogP contribution in [0.3, 0.4) is 0 Å². The fourth-order valence-corrected chi connectivity index (χ4v) is 3.35. The number of ether oxygens (including phenoxy) is 2. The smallest absolute Gasteiger partial charge is 0.326 e. The van der Waals surface area contributed by atoms with Crippen molar-refractivity contribution in [2.75, 3.05) is 13.7 Å². The van der Waals surface area contributed by atoms with E-state index in [-0.39, 0.29) is 28.9 Å². The predicted molar refractivity (Wildman–Crippen MR) is 107 cm³/mol. The van der Waals surface area contributed by atoms with Crippen LogP contribution in [0, 0.1) is 16.0 Å². The van der Waals surface area contributed by atoms with Gasteiger partial charge in [0.05, 0.1) is 12.0 Å². The van der Waals surface area contributed by atoms with E-state index in [0.717, 1.165) is 31.7 Å². The number of benzene rings is 1. The van der Waals surface area contributed by atoms with E-state index in [2.05, 4.69) is 17.6 Å². The van der Waals surface area contributed by atoms with Gasteiger partial charge in [-0.3, -0.25) is 24.5 Å². The first kappa shape index (κ1) is 23.1. The molecule has 0 aliphatic heterocycles. The second-order valence-corrected chi connectivity index (χ2v) is 7.34. The maximum Gasteiger partial charge on any atom is 0.326 e. The van der Waals surface area contributed by atoms with Gasteiger partial charge in [-0.05, 0) is 37.8 Å². The minimum atomic E-state index is -0.995. The maximum atomic E-state index is 12.3. The van der Waals surface area contributed by atoms with Crippen molar-refractivity contribution in [2.45, 2.75) is 51.7 Å². The molecule has 10 heteroatoms. The number of nitrogens with zero attached hydrogens (tertiary/aromatic N) is 1. The molecule has 0 heterocycles. The molecule has 1 aliphatic rings. The highest BCUT2D eigenvalue weighted by atomic mass is 16.6. The van der Waals surface area contributed by atoms with Gasteiger partial charge in [-0.25, -0.2) is 0 Å². The van der Waals surface area contributed by atoms with Crippen molar-refractivity contribution in [3.8, 4) is 5.75 Å². The van der Waals surface area contributed by atoms with Crippen LogP contribution in [-0.4, -0.2) is 48.5 Å². The summed E-state index contributed by atoms with van der Waals surface area (Å²) in [7, 11) is 1.28. The first-order valence-electron chi connectivity index (χ1n) is 9.83. The van der Waals surface area contributed by atoms with Crippen molar-refractivity contribution in [3.05, 3.63) is 33.9 Å². The zero-order valence-corrected chi connectivity index (χ0v) is 17.3. The number of rotatable bonds is 8. The van der Waals surface area contributed by atoms with Crippen molar-refractivity contribution >= 4 is 23.5 Å². The van der Waals surface area contributed by atoms with Gasteiger partial charge in [-0.2, -0.15) is 0 Å². The molecule has 164 valence electrons. The van der Waals surface area contributed by atoms with Crippen LogP contribution in [0.2, 0.25) is 0 Å². The Kier molecular flexibility index (Phi) is 8.14. The Morgan fingerprint density at radius 2 is 1.97 bits per heavy atom. The predicted octanol–water partition coefficient (Wildman–Crippen LogP) is 1.96. The van der Waals surface area contributed by atoms with E-state index in [9.17, 15) is 24.5 Å². The molecule has 1 aromatic carbocycles. The number of amides is 2. The van der Waals surface area contributed by atoms with E-state index in [1.54, 1.807) is 0 Å². The third-order valence-corrected chi connectivity index (χ3v) is 5.15. The molecule has 10 nitrogen and oxygen atoms in total. The summed E-state index contributed by atoms with van der Waals surface area (Å²) in [5.41, 5.74) is -0.373. The lowest BCUT2D eigenvalue weighted by Crippen LogP contribution is -2.46. The van der Waals surface area contributed by atoms with Gasteiger partial charge in [-0.1, -0.05) is 19.8 Å². The van der Waals surface area contributed by atoms with E-state index < -0.39 is 29.4 Å². The Labute approximate surface area is 174 Å². The SMILES string of the molecule is COc1ccc(C(=O)NCC(=O)O[C@H](C)C(=O)N[C@@H]2CCCC[C@@H]2C)cc1[N+](=O)[O-]. The number of nitrogens with one attached hydrogen (secondary N) is 2. The molecule has 0 aromatic heterocycles. The Bertz CT molecular complexity index is 812. The number of nitro groups is 1. The van der Waals surface area contributed by atoms with E-state index >= 15 is 0 Å². The lowest BCUT2D eigenvalue weighted by Gasteiger charge is -2.30. The van der Waals surface area contributed by atoms with Crippen LogP contribution in [0.25, 0.3) is 0 Å². The molecule has 3 atom stereocenters. The quantitative estimate of drug-likeness (QED) is 0.372. The summed E-state index contributed by atoms with van der Waals surface area (Å²) in [6.07, 6.45) is 3.16. The fraction of sp³-hybridized carbons (Fsp3) is 0.550. The van der Waals surface area contributed by atoms with Crippen LogP contribution in [0.5, 0.6) is 5.75 Å². The lowest BCUT2D eigenvalue weighted by atomic mass is 9.86. The second kappa shape index (κ2) is 10.6. The molecule has 0 bridgehead atoms. The monoisotopic (exact) mass is 421 g/mol. The van der Waals surface area contributed by atoms with Crippen molar-refractivity contribution in [2.24, 2.45) is 5.92 Å². The van der Waals surface area contributed by atoms with Crippen molar-refractivity contribution < 1.29 is 28.8 Å². The number of carbonyl (C=O) groups excluding carboxylic acids is 3. The molecule has 2 rings (SSSR count). The summed E-state index contributed by atoms with van der Waals surface area (Å²) in [6, 6.07) is 3.76. The average molecular weight is 421 g/mol. The highest BCUT2D eigenvalue weighted by molar-refractivity contribution is 5.97. The third kappa shape index (κ3) is 6.16. The lowest BCUT2D eigenvalue weighted by molar-refractivity contribution is -0.385. The maximum absolute atomic E-state index is 12.3. The molecule has 0 radical (unpaired) electrons. The van der Waals surface area contributed by atoms with Gasteiger partial charge < -0.3 is 20.1 Å². The molecule has 0 unspecified atom stereocenters. The molecule has 2 amide bonds. The highest BCUT2D eigenvalue weighted by Gasteiger charge is 2.26. The van der Waals surface area contributed by atoms with Gasteiger partial charge >= 0.3 is 11.7 Å². The van der Waals surface area contributed by atoms with Gasteiger partial charge in [0.15, 0.2) is 11.9 Å². The van der Waals surface area contributed by atoms with E-state index in [1.807, 2.05) is 0 Å². The van der Waals surface area contributed by atoms with E-state index in [4.69, 9.17) is 9.47 Å². The molecular formula is C20H27N3O7. The second-order valence-electron chi connectivity index (χ2n) is 7.34. The largest absolute Gasteiger partial charge is 0.490 e. The molecule has 30 heavy (non-hydrogen) atoms. The summed E-state index contributed by atoms with van der Waals surface area (Å²) < 4.78 is 9.96. The molecule has 0 spiro atoms. The van der Waals surface area contributed by atoms with Crippen LogP contribution in [0.4, 0.5) is 5.69 Å². The Hall–Kier alpha value is -3.17. The Balaban J connectivity index is 1.84. The summed E-state index contributed by atoms with van der Waals surface area (Å²) in [5.74, 6) is -1.46. The number of nitro benzene ring substituents is 1. The van der Waals surface area contributed by atoms with E-state index in [1.165, 1.54) is 26.2 Å². The van der Waals surface area contributed by atoms with Crippen LogP contribution in [-0.2, 0) is 14.3 Å². The Morgan fingerprint density at radius 3 is 2.60 bits per heavy atom. The minimum Gasteiger partial charge on any atom is -0.490 e. The normalized spacial score (nSPS) is 19.3. The third-order valence-electron chi connectivity index (χ3n) is 5.15.